The van der Waals surface area contributed by atoms with Crippen molar-refractivity contribution in [1.29, 1.82) is 0 Å². The molecule has 0 aliphatic rings. The third-order valence-electron chi connectivity index (χ3n) is 2.07. The van der Waals surface area contributed by atoms with Crippen molar-refractivity contribution in [2.24, 2.45) is 0 Å². The van der Waals surface area contributed by atoms with E-state index in [4.69, 9.17) is 22.1 Å². The van der Waals surface area contributed by atoms with Crippen molar-refractivity contribution in [2.45, 2.75) is 6.42 Å². The molecule has 2 aromatic rings. The number of benzene rings is 1. The van der Waals surface area contributed by atoms with E-state index in [-0.39, 0.29) is 13.0 Å². The molecule has 0 amide bonds. The number of nitrogens with one attached hydrogen (secondary N) is 2. The molecule has 0 saturated carbocycles. The van der Waals surface area contributed by atoms with E-state index in [9.17, 15) is 4.79 Å². The summed E-state index contributed by atoms with van der Waals surface area (Å²) in [4.78, 5) is 16.2. The summed E-state index contributed by atoms with van der Waals surface area (Å²) in [6, 6.07) is 5.38. The third-order valence-corrected chi connectivity index (χ3v) is 2.28. The average Bonchev–Trinajstić information content (AvgIpc) is 2.56. The van der Waals surface area contributed by atoms with E-state index in [1.807, 2.05) is 6.07 Å². The van der Waals surface area contributed by atoms with Gasteiger partial charge in [-0.05, 0) is 24.4 Å². The number of ether oxygens (including phenoxy) is 1. The summed E-state index contributed by atoms with van der Waals surface area (Å²) < 4.78 is 5.84. The molecule has 0 atom stereocenters. The molecule has 2 rings (SSSR count). The predicted molar refractivity (Wildman–Crippen MR) is 61.2 cm³/mol. The second-order valence-corrected chi connectivity index (χ2v) is 3.69. The van der Waals surface area contributed by atoms with Crippen LogP contribution < -0.4 is 4.74 Å². The predicted octanol–water partition coefficient (Wildman–Crippen LogP) is 2.08. The van der Waals surface area contributed by atoms with Crippen LogP contribution in [0, 0.1) is 4.77 Å². The van der Waals surface area contributed by atoms with E-state index in [2.05, 4.69) is 9.97 Å². The molecule has 0 radical (unpaired) electrons. The van der Waals surface area contributed by atoms with Crippen molar-refractivity contribution in [1.82, 2.24) is 9.97 Å². The Bertz CT molecular complexity index is 573. The summed E-state index contributed by atoms with van der Waals surface area (Å²) in [5, 5.41) is 8.46. The summed E-state index contributed by atoms with van der Waals surface area (Å²) in [5.74, 6) is -0.249. The Morgan fingerprint density at radius 1 is 1.38 bits per heavy atom. The molecule has 84 valence electrons. The van der Waals surface area contributed by atoms with Crippen molar-refractivity contribution in [2.75, 3.05) is 6.61 Å². The van der Waals surface area contributed by atoms with Crippen LogP contribution in [-0.4, -0.2) is 27.7 Å². The van der Waals surface area contributed by atoms with Gasteiger partial charge in [-0.1, -0.05) is 0 Å². The Hall–Kier alpha value is -1.82. The van der Waals surface area contributed by atoms with Gasteiger partial charge in [0.25, 0.3) is 0 Å². The zero-order valence-electron chi connectivity index (χ0n) is 8.32. The van der Waals surface area contributed by atoms with Gasteiger partial charge in [-0.3, -0.25) is 4.79 Å². The first kappa shape index (κ1) is 10.7. The molecule has 0 fully saturated rings. The minimum atomic E-state index is -0.873. The zero-order valence-corrected chi connectivity index (χ0v) is 9.13. The molecule has 6 heteroatoms. The highest BCUT2D eigenvalue weighted by atomic mass is 32.1. The largest absolute Gasteiger partial charge is 0.493 e. The van der Waals surface area contributed by atoms with Gasteiger partial charge in [0.15, 0.2) is 4.77 Å². The third kappa shape index (κ3) is 2.40. The number of hydrogen-bond acceptors (Lipinski definition) is 3. The van der Waals surface area contributed by atoms with Crippen molar-refractivity contribution in [3.63, 3.8) is 0 Å². The van der Waals surface area contributed by atoms with E-state index in [1.165, 1.54) is 0 Å². The number of aromatic nitrogens is 2. The van der Waals surface area contributed by atoms with Crippen LogP contribution in [0.1, 0.15) is 6.42 Å². The van der Waals surface area contributed by atoms with Gasteiger partial charge in [-0.15, -0.1) is 0 Å². The normalized spacial score (nSPS) is 10.5. The van der Waals surface area contributed by atoms with Crippen molar-refractivity contribution >= 4 is 29.2 Å². The lowest BCUT2D eigenvalue weighted by molar-refractivity contribution is -0.137. The molecular formula is C10H10N2O3S. The number of carbonyl (C=O) groups is 1. The van der Waals surface area contributed by atoms with E-state index in [0.717, 1.165) is 11.0 Å². The second kappa shape index (κ2) is 4.36. The monoisotopic (exact) mass is 238 g/mol. The van der Waals surface area contributed by atoms with Crippen molar-refractivity contribution < 1.29 is 14.6 Å². The smallest absolute Gasteiger partial charge is 0.306 e. The maximum atomic E-state index is 10.3. The number of aliphatic carboxylic acids is 1. The van der Waals surface area contributed by atoms with Gasteiger partial charge in [0, 0.05) is 6.07 Å². The highest BCUT2D eigenvalue weighted by Gasteiger charge is 2.01. The van der Waals surface area contributed by atoms with E-state index >= 15 is 0 Å². The first-order chi connectivity index (χ1) is 7.65. The molecule has 1 aromatic heterocycles. The van der Waals surface area contributed by atoms with Crippen molar-refractivity contribution in [3.05, 3.63) is 23.0 Å². The summed E-state index contributed by atoms with van der Waals surface area (Å²) in [6.07, 6.45) is -0.0127. The number of aromatic amines is 2. The molecule has 3 N–H and O–H groups in total. The number of carboxylic acid groups (broad SMARTS) is 1. The minimum absolute atomic E-state index is 0.0127. The Morgan fingerprint density at radius 3 is 2.88 bits per heavy atom. The fourth-order valence-electron chi connectivity index (χ4n) is 1.36. The van der Waals surface area contributed by atoms with Gasteiger partial charge >= 0.3 is 5.97 Å². The Kier molecular flexibility index (Phi) is 2.91. The summed E-state index contributed by atoms with van der Waals surface area (Å²) in [6.45, 7) is 0.159. The number of rotatable bonds is 4. The molecule has 0 spiro atoms. The van der Waals surface area contributed by atoms with Gasteiger partial charge in [0.1, 0.15) is 5.75 Å². The van der Waals surface area contributed by atoms with Gasteiger partial charge < -0.3 is 19.8 Å². The molecule has 0 saturated heterocycles. The molecule has 0 bridgehead atoms. The Balaban J connectivity index is 2.13. The Morgan fingerprint density at radius 2 is 2.12 bits per heavy atom. The highest BCUT2D eigenvalue weighted by molar-refractivity contribution is 7.71. The lowest BCUT2D eigenvalue weighted by Gasteiger charge is -2.03. The van der Waals surface area contributed by atoms with E-state index in [0.29, 0.717) is 10.5 Å². The van der Waals surface area contributed by atoms with E-state index < -0.39 is 5.97 Å². The quantitative estimate of drug-likeness (QED) is 0.712. The van der Waals surface area contributed by atoms with Gasteiger partial charge in [0.2, 0.25) is 0 Å². The van der Waals surface area contributed by atoms with Gasteiger partial charge in [0.05, 0.1) is 24.1 Å². The van der Waals surface area contributed by atoms with Crippen molar-refractivity contribution in [3.8, 4) is 5.75 Å². The molecule has 0 aliphatic carbocycles. The second-order valence-electron chi connectivity index (χ2n) is 3.28. The number of imidazole rings is 1. The molecule has 16 heavy (non-hydrogen) atoms. The molecule has 1 aromatic carbocycles. The first-order valence-electron chi connectivity index (χ1n) is 4.72. The SMILES string of the molecule is O=C(O)CCOc1ccc2[nH]c(=S)[nH]c2c1. The molecular weight excluding hydrogens is 228 g/mol. The number of H-pyrrole nitrogens is 2. The Labute approximate surface area is 96.1 Å². The topological polar surface area (TPSA) is 78.1 Å². The van der Waals surface area contributed by atoms with Gasteiger partial charge in [-0.2, -0.15) is 0 Å². The minimum Gasteiger partial charge on any atom is -0.493 e. The van der Waals surface area contributed by atoms with Crippen LogP contribution in [0.25, 0.3) is 11.0 Å². The maximum Gasteiger partial charge on any atom is 0.306 e. The van der Waals surface area contributed by atoms with Crippen LogP contribution in [0.3, 0.4) is 0 Å². The number of fused-ring (bicyclic) bond motifs is 1. The van der Waals surface area contributed by atoms with Crippen LogP contribution in [0.2, 0.25) is 0 Å². The molecule has 0 unspecified atom stereocenters. The van der Waals surface area contributed by atoms with Crippen LogP contribution in [0.15, 0.2) is 18.2 Å². The molecule has 1 heterocycles. The zero-order chi connectivity index (χ0) is 11.5. The average molecular weight is 238 g/mol. The van der Waals surface area contributed by atoms with Gasteiger partial charge in [-0.25, -0.2) is 0 Å². The fourth-order valence-corrected chi connectivity index (χ4v) is 1.58. The fraction of sp³-hybridized carbons (Fsp3) is 0.200. The van der Waals surface area contributed by atoms with E-state index in [1.54, 1.807) is 12.1 Å². The van der Waals surface area contributed by atoms with Crippen LogP contribution in [0.4, 0.5) is 0 Å². The molecule has 0 aliphatic heterocycles. The highest BCUT2D eigenvalue weighted by Crippen LogP contribution is 2.18. The van der Waals surface area contributed by atoms with Crippen LogP contribution in [-0.2, 0) is 4.79 Å². The first-order valence-corrected chi connectivity index (χ1v) is 5.12. The standard InChI is InChI=1S/C10H10N2O3S/c13-9(14)3-4-15-6-1-2-7-8(5-6)12-10(16)11-7/h1-2,5H,3-4H2,(H,13,14)(H2,11,12,16). The lowest BCUT2D eigenvalue weighted by atomic mass is 10.3. The number of carboxylic acids is 1. The number of hydrogen-bond donors (Lipinski definition) is 3. The summed E-state index contributed by atoms with van der Waals surface area (Å²) in [7, 11) is 0. The lowest BCUT2D eigenvalue weighted by Crippen LogP contribution is -2.04. The maximum absolute atomic E-state index is 10.3. The summed E-state index contributed by atoms with van der Waals surface area (Å²) >= 11 is 4.95. The van der Waals surface area contributed by atoms with Crippen LogP contribution >= 0.6 is 12.2 Å². The summed E-state index contributed by atoms with van der Waals surface area (Å²) in [5.41, 5.74) is 1.74. The molecule has 5 nitrogen and oxygen atoms in total. The van der Waals surface area contributed by atoms with Crippen LogP contribution in [0.5, 0.6) is 5.75 Å².